The van der Waals surface area contributed by atoms with Gasteiger partial charge in [0.15, 0.2) is 0 Å². The lowest BCUT2D eigenvalue weighted by molar-refractivity contribution is 0.415. The van der Waals surface area contributed by atoms with Gasteiger partial charge in [-0.05, 0) is 29.7 Å². The Morgan fingerprint density at radius 2 is 2.29 bits per heavy atom. The molecule has 0 aliphatic heterocycles. The SMILES string of the molecule is C=C(Cl)CNc1nccc2cc(OC)ccc12. The van der Waals surface area contributed by atoms with Crippen LogP contribution in [0, 0.1) is 0 Å². The number of ether oxygens (including phenoxy) is 1. The lowest BCUT2D eigenvalue weighted by Gasteiger charge is -2.08. The number of nitrogens with one attached hydrogen (secondary N) is 1. The predicted octanol–water partition coefficient (Wildman–Crippen LogP) is 3.41. The minimum absolute atomic E-state index is 0.500. The monoisotopic (exact) mass is 248 g/mol. The third-order valence-electron chi connectivity index (χ3n) is 2.42. The molecule has 2 aromatic rings. The van der Waals surface area contributed by atoms with Gasteiger partial charge in [-0.25, -0.2) is 4.98 Å². The Hall–Kier alpha value is -1.74. The molecular weight excluding hydrogens is 236 g/mol. The summed E-state index contributed by atoms with van der Waals surface area (Å²) >= 11 is 5.72. The van der Waals surface area contributed by atoms with Crippen molar-refractivity contribution in [1.82, 2.24) is 4.98 Å². The normalized spacial score (nSPS) is 10.2. The van der Waals surface area contributed by atoms with Gasteiger partial charge in [-0.15, -0.1) is 0 Å². The molecule has 1 aromatic heterocycles. The van der Waals surface area contributed by atoms with Crippen LogP contribution in [-0.4, -0.2) is 18.6 Å². The molecule has 0 bridgehead atoms. The van der Waals surface area contributed by atoms with Gasteiger partial charge in [-0.3, -0.25) is 0 Å². The number of hydrogen-bond donors (Lipinski definition) is 1. The van der Waals surface area contributed by atoms with Gasteiger partial charge in [0, 0.05) is 16.6 Å². The third kappa shape index (κ3) is 2.68. The molecule has 2 rings (SSSR count). The highest BCUT2D eigenvalue weighted by Gasteiger charge is 2.03. The van der Waals surface area contributed by atoms with Crippen LogP contribution < -0.4 is 10.1 Å². The fourth-order valence-electron chi connectivity index (χ4n) is 1.60. The van der Waals surface area contributed by atoms with Gasteiger partial charge < -0.3 is 10.1 Å². The Morgan fingerprint density at radius 3 is 3.00 bits per heavy atom. The van der Waals surface area contributed by atoms with Crippen LogP contribution in [0.3, 0.4) is 0 Å². The van der Waals surface area contributed by atoms with Crippen molar-refractivity contribution in [2.24, 2.45) is 0 Å². The molecule has 0 aliphatic carbocycles. The van der Waals surface area contributed by atoms with Crippen LogP contribution in [0.25, 0.3) is 10.8 Å². The standard InChI is InChI=1S/C13H13ClN2O/c1-9(14)8-16-13-12-4-3-11(17-2)7-10(12)5-6-15-13/h3-7H,1,8H2,2H3,(H,15,16). The van der Waals surface area contributed by atoms with Crippen molar-refractivity contribution in [2.75, 3.05) is 19.0 Å². The summed E-state index contributed by atoms with van der Waals surface area (Å²) in [5, 5.41) is 5.80. The second kappa shape index (κ2) is 5.06. The highest BCUT2D eigenvalue weighted by molar-refractivity contribution is 6.29. The lowest BCUT2D eigenvalue weighted by atomic mass is 10.1. The Morgan fingerprint density at radius 1 is 1.47 bits per heavy atom. The third-order valence-corrected chi connectivity index (χ3v) is 2.55. The zero-order chi connectivity index (χ0) is 12.3. The highest BCUT2D eigenvalue weighted by Crippen LogP contribution is 2.25. The van der Waals surface area contributed by atoms with Crippen molar-refractivity contribution in [3.8, 4) is 5.75 Å². The molecule has 0 saturated heterocycles. The van der Waals surface area contributed by atoms with Crippen LogP contribution in [0.1, 0.15) is 0 Å². The topological polar surface area (TPSA) is 34.2 Å². The zero-order valence-electron chi connectivity index (χ0n) is 9.53. The van der Waals surface area contributed by atoms with Crippen LogP contribution in [0.4, 0.5) is 5.82 Å². The van der Waals surface area contributed by atoms with E-state index in [9.17, 15) is 0 Å². The first-order chi connectivity index (χ1) is 8.20. The summed E-state index contributed by atoms with van der Waals surface area (Å²) in [6.45, 7) is 4.13. The van der Waals surface area contributed by atoms with Gasteiger partial charge in [0.25, 0.3) is 0 Å². The van der Waals surface area contributed by atoms with Crippen molar-refractivity contribution in [2.45, 2.75) is 0 Å². The first-order valence-electron chi connectivity index (χ1n) is 5.20. The molecule has 0 saturated carbocycles. The van der Waals surface area contributed by atoms with Crippen LogP contribution in [-0.2, 0) is 0 Å². The van der Waals surface area contributed by atoms with E-state index in [0.29, 0.717) is 11.6 Å². The minimum Gasteiger partial charge on any atom is -0.497 e. The molecule has 0 spiro atoms. The second-order valence-electron chi connectivity index (χ2n) is 3.62. The molecule has 0 radical (unpaired) electrons. The van der Waals surface area contributed by atoms with Gasteiger partial charge >= 0.3 is 0 Å². The first kappa shape index (κ1) is 11.7. The van der Waals surface area contributed by atoms with Gasteiger partial charge in [0.1, 0.15) is 11.6 Å². The fraction of sp³-hybridized carbons (Fsp3) is 0.154. The fourth-order valence-corrected chi connectivity index (χ4v) is 1.67. The number of methoxy groups -OCH3 is 1. The summed E-state index contributed by atoms with van der Waals surface area (Å²) in [6.07, 6.45) is 1.75. The van der Waals surface area contributed by atoms with E-state index in [0.717, 1.165) is 22.3 Å². The molecule has 0 atom stereocenters. The van der Waals surface area contributed by atoms with E-state index in [2.05, 4.69) is 16.9 Å². The summed E-state index contributed by atoms with van der Waals surface area (Å²) in [5.41, 5.74) is 0. The number of rotatable bonds is 4. The summed E-state index contributed by atoms with van der Waals surface area (Å²) < 4.78 is 5.18. The van der Waals surface area contributed by atoms with Crippen LogP contribution >= 0.6 is 11.6 Å². The number of pyridine rings is 1. The number of fused-ring (bicyclic) bond motifs is 1. The summed E-state index contributed by atoms with van der Waals surface area (Å²) in [5.74, 6) is 1.63. The quantitative estimate of drug-likeness (QED) is 0.900. The zero-order valence-corrected chi connectivity index (χ0v) is 10.3. The maximum Gasteiger partial charge on any atom is 0.134 e. The lowest BCUT2D eigenvalue weighted by Crippen LogP contribution is -2.03. The van der Waals surface area contributed by atoms with Gasteiger partial charge in [-0.1, -0.05) is 18.2 Å². The summed E-state index contributed by atoms with van der Waals surface area (Å²) in [7, 11) is 1.65. The molecule has 17 heavy (non-hydrogen) atoms. The van der Waals surface area contributed by atoms with E-state index in [1.807, 2.05) is 24.3 Å². The van der Waals surface area contributed by atoms with Crippen molar-refractivity contribution in [3.05, 3.63) is 42.1 Å². The van der Waals surface area contributed by atoms with Crippen molar-refractivity contribution >= 4 is 28.2 Å². The molecule has 1 heterocycles. The molecular formula is C13H13ClN2O. The van der Waals surface area contributed by atoms with Crippen molar-refractivity contribution in [3.63, 3.8) is 0 Å². The van der Waals surface area contributed by atoms with E-state index in [4.69, 9.17) is 16.3 Å². The van der Waals surface area contributed by atoms with Gasteiger partial charge in [-0.2, -0.15) is 0 Å². The maximum atomic E-state index is 5.72. The molecule has 3 nitrogen and oxygen atoms in total. The molecule has 88 valence electrons. The molecule has 0 unspecified atom stereocenters. The minimum atomic E-state index is 0.500. The number of hydrogen-bond acceptors (Lipinski definition) is 3. The number of halogens is 1. The van der Waals surface area contributed by atoms with Gasteiger partial charge in [0.05, 0.1) is 13.7 Å². The van der Waals surface area contributed by atoms with Crippen LogP contribution in [0.5, 0.6) is 5.75 Å². The van der Waals surface area contributed by atoms with E-state index in [1.54, 1.807) is 13.3 Å². The molecule has 4 heteroatoms. The van der Waals surface area contributed by atoms with Crippen molar-refractivity contribution in [1.29, 1.82) is 0 Å². The van der Waals surface area contributed by atoms with Gasteiger partial charge in [0.2, 0.25) is 0 Å². The van der Waals surface area contributed by atoms with Crippen LogP contribution in [0.2, 0.25) is 0 Å². The smallest absolute Gasteiger partial charge is 0.134 e. The molecule has 1 N–H and O–H groups in total. The van der Waals surface area contributed by atoms with Crippen molar-refractivity contribution < 1.29 is 4.74 Å². The molecule has 1 aromatic carbocycles. The highest BCUT2D eigenvalue weighted by atomic mass is 35.5. The Balaban J connectivity index is 2.39. The average molecular weight is 249 g/mol. The number of anilines is 1. The van der Waals surface area contributed by atoms with E-state index in [-0.39, 0.29) is 0 Å². The second-order valence-corrected chi connectivity index (χ2v) is 4.15. The number of nitrogens with zero attached hydrogens (tertiary/aromatic N) is 1. The largest absolute Gasteiger partial charge is 0.497 e. The van der Waals surface area contributed by atoms with E-state index < -0.39 is 0 Å². The molecule has 0 aliphatic rings. The van der Waals surface area contributed by atoms with E-state index in [1.165, 1.54) is 0 Å². The Kier molecular flexibility index (Phi) is 3.49. The maximum absolute atomic E-state index is 5.72. The molecule has 0 amide bonds. The summed E-state index contributed by atoms with van der Waals surface area (Å²) in [4.78, 5) is 4.28. The molecule has 0 fully saturated rings. The summed E-state index contributed by atoms with van der Waals surface area (Å²) in [6, 6.07) is 7.79. The Bertz CT molecular complexity index is 554. The average Bonchev–Trinajstić information content (AvgIpc) is 2.35. The number of benzene rings is 1. The van der Waals surface area contributed by atoms with Crippen LogP contribution in [0.15, 0.2) is 42.1 Å². The van der Waals surface area contributed by atoms with E-state index >= 15 is 0 Å². The first-order valence-corrected chi connectivity index (χ1v) is 5.58. The Labute approximate surface area is 105 Å². The number of aromatic nitrogens is 1. The predicted molar refractivity (Wildman–Crippen MR) is 71.8 cm³/mol.